The molecule has 0 bridgehead atoms. The molecule has 0 fully saturated rings. The van der Waals surface area contributed by atoms with Crippen molar-refractivity contribution >= 4 is 23.0 Å². The Kier molecular flexibility index (Phi) is 5.31. The van der Waals surface area contributed by atoms with Crippen LogP contribution in [0.1, 0.15) is 63.0 Å². The number of benzene rings is 2. The molecule has 6 heteroatoms. The molecule has 0 aliphatic carbocycles. The number of carboxylic acids is 1. The lowest BCUT2D eigenvalue weighted by Gasteiger charge is -2.26. The summed E-state index contributed by atoms with van der Waals surface area (Å²) in [5.74, 6) is -1.01. The fraction of sp³-hybridized carbons (Fsp3) is 0.381. The van der Waals surface area contributed by atoms with Crippen molar-refractivity contribution in [3.8, 4) is 5.75 Å². The number of anilines is 1. The summed E-state index contributed by atoms with van der Waals surface area (Å²) in [7, 11) is 0. The standard InChI is InChI=1S/C21H27N3O3/c1-20(2,3)13-10-14(21(4,5)6)18(25)17(11-13)24-23-16-9-12(19(26)27)7-8-15(16)22/h7-11,25H,22H2,1-6H3,(H,26,27)/b24-23+. The molecule has 0 radical (unpaired) electrons. The smallest absolute Gasteiger partial charge is 0.335 e. The lowest BCUT2D eigenvalue weighted by Crippen LogP contribution is -2.16. The van der Waals surface area contributed by atoms with E-state index in [1.165, 1.54) is 18.2 Å². The predicted molar refractivity (Wildman–Crippen MR) is 107 cm³/mol. The quantitative estimate of drug-likeness (QED) is 0.477. The van der Waals surface area contributed by atoms with Crippen LogP contribution in [0.5, 0.6) is 5.75 Å². The van der Waals surface area contributed by atoms with Gasteiger partial charge in [0.15, 0.2) is 0 Å². The van der Waals surface area contributed by atoms with Gasteiger partial charge in [0.1, 0.15) is 17.1 Å². The zero-order valence-corrected chi connectivity index (χ0v) is 16.7. The Bertz CT molecular complexity index is 904. The molecule has 0 amide bonds. The average Bonchev–Trinajstić information content (AvgIpc) is 2.52. The van der Waals surface area contributed by atoms with Crippen molar-refractivity contribution in [3.05, 3.63) is 47.0 Å². The van der Waals surface area contributed by atoms with Crippen LogP contribution in [0.2, 0.25) is 0 Å². The first-order valence-corrected chi connectivity index (χ1v) is 8.73. The van der Waals surface area contributed by atoms with Crippen LogP contribution in [0.3, 0.4) is 0 Å². The molecule has 2 rings (SSSR count). The monoisotopic (exact) mass is 369 g/mol. The zero-order chi connectivity index (χ0) is 20.6. The maximum atomic E-state index is 11.1. The third-order valence-corrected chi connectivity index (χ3v) is 4.31. The first-order valence-electron chi connectivity index (χ1n) is 8.73. The Morgan fingerprint density at radius 3 is 2.04 bits per heavy atom. The molecule has 2 aromatic rings. The number of aromatic carboxylic acids is 1. The van der Waals surface area contributed by atoms with Crippen LogP contribution in [0.25, 0.3) is 0 Å². The number of azo groups is 1. The van der Waals surface area contributed by atoms with Crippen molar-refractivity contribution in [3.63, 3.8) is 0 Å². The molecule has 2 aromatic carbocycles. The van der Waals surface area contributed by atoms with E-state index in [2.05, 4.69) is 31.0 Å². The van der Waals surface area contributed by atoms with Crippen LogP contribution in [0, 0.1) is 0 Å². The molecule has 27 heavy (non-hydrogen) atoms. The van der Waals surface area contributed by atoms with Gasteiger partial charge in [0.05, 0.1) is 11.3 Å². The molecule has 4 N–H and O–H groups in total. The molecule has 0 atom stereocenters. The maximum Gasteiger partial charge on any atom is 0.335 e. The summed E-state index contributed by atoms with van der Waals surface area (Å²) in [6.45, 7) is 12.3. The summed E-state index contributed by atoms with van der Waals surface area (Å²) in [6, 6.07) is 8.03. The molecule has 0 unspecified atom stereocenters. The van der Waals surface area contributed by atoms with Crippen LogP contribution < -0.4 is 5.73 Å². The maximum absolute atomic E-state index is 11.1. The molecule has 144 valence electrons. The first-order chi connectivity index (χ1) is 12.3. The summed E-state index contributed by atoms with van der Waals surface area (Å²) in [5.41, 5.74) is 8.21. The summed E-state index contributed by atoms with van der Waals surface area (Å²) in [6.07, 6.45) is 0. The largest absolute Gasteiger partial charge is 0.505 e. The number of nitrogens with two attached hydrogens (primary N) is 1. The van der Waals surface area contributed by atoms with E-state index in [-0.39, 0.29) is 27.8 Å². The lowest BCUT2D eigenvalue weighted by atomic mass is 9.80. The minimum Gasteiger partial charge on any atom is -0.505 e. The number of nitrogens with zero attached hydrogens (tertiary/aromatic N) is 2. The molecular weight excluding hydrogens is 342 g/mol. The number of aromatic hydroxyl groups is 1. The van der Waals surface area contributed by atoms with Gasteiger partial charge in [0.2, 0.25) is 0 Å². The van der Waals surface area contributed by atoms with Crippen LogP contribution in [-0.2, 0) is 10.8 Å². The molecule has 0 saturated heterocycles. The fourth-order valence-electron chi connectivity index (χ4n) is 2.57. The van der Waals surface area contributed by atoms with Gasteiger partial charge in [0, 0.05) is 5.56 Å². The van der Waals surface area contributed by atoms with Crippen molar-refractivity contribution in [1.82, 2.24) is 0 Å². The second kappa shape index (κ2) is 7.02. The number of phenols is 1. The highest BCUT2D eigenvalue weighted by Crippen LogP contribution is 2.42. The molecule has 0 aliphatic rings. The van der Waals surface area contributed by atoms with Gasteiger partial charge in [-0.05, 0) is 40.7 Å². The van der Waals surface area contributed by atoms with Crippen molar-refractivity contribution < 1.29 is 15.0 Å². The number of carbonyl (C=O) groups is 1. The highest BCUT2D eigenvalue weighted by molar-refractivity contribution is 5.90. The normalized spacial score (nSPS) is 12.5. The van der Waals surface area contributed by atoms with E-state index in [9.17, 15) is 9.90 Å². The van der Waals surface area contributed by atoms with Crippen LogP contribution in [0.15, 0.2) is 40.6 Å². The van der Waals surface area contributed by atoms with E-state index < -0.39 is 5.97 Å². The van der Waals surface area contributed by atoms with E-state index in [1.54, 1.807) is 6.07 Å². The van der Waals surface area contributed by atoms with Crippen molar-refractivity contribution in [1.29, 1.82) is 0 Å². The van der Waals surface area contributed by atoms with Gasteiger partial charge in [0.25, 0.3) is 0 Å². The van der Waals surface area contributed by atoms with Gasteiger partial charge in [-0.25, -0.2) is 4.79 Å². The molecule has 0 spiro atoms. The van der Waals surface area contributed by atoms with Gasteiger partial charge in [-0.15, -0.1) is 10.2 Å². The molecule has 0 heterocycles. The van der Waals surface area contributed by atoms with Crippen LogP contribution in [0.4, 0.5) is 17.1 Å². The Balaban J connectivity index is 2.60. The number of hydrogen-bond donors (Lipinski definition) is 3. The SMILES string of the molecule is CC(C)(C)c1cc(/N=N/c2cc(C(=O)O)ccc2N)c(O)c(C(C)(C)C)c1. The summed E-state index contributed by atoms with van der Waals surface area (Å²) < 4.78 is 0. The highest BCUT2D eigenvalue weighted by Gasteiger charge is 2.25. The van der Waals surface area contributed by atoms with E-state index in [0.29, 0.717) is 11.4 Å². The van der Waals surface area contributed by atoms with Crippen molar-refractivity contribution in [2.45, 2.75) is 52.4 Å². The number of rotatable bonds is 3. The summed E-state index contributed by atoms with van der Waals surface area (Å²) in [5, 5.41) is 28.1. The number of carboxylic acid groups (broad SMARTS) is 1. The van der Waals surface area contributed by atoms with Gasteiger partial charge in [-0.1, -0.05) is 47.6 Å². The van der Waals surface area contributed by atoms with Crippen LogP contribution >= 0.6 is 0 Å². The molecule has 0 aliphatic heterocycles. The first kappa shape index (κ1) is 20.4. The molecule has 0 aromatic heterocycles. The Morgan fingerprint density at radius 1 is 0.926 bits per heavy atom. The molecule has 6 nitrogen and oxygen atoms in total. The molecular formula is C21H27N3O3. The third kappa shape index (κ3) is 4.64. The fourth-order valence-corrected chi connectivity index (χ4v) is 2.57. The van der Waals surface area contributed by atoms with Gasteiger partial charge < -0.3 is 15.9 Å². The van der Waals surface area contributed by atoms with E-state index >= 15 is 0 Å². The Hall–Kier alpha value is -2.89. The predicted octanol–water partition coefficient (Wildman–Crippen LogP) is 5.68. The van der Waals surface area contributed by atoms with Gasteiger partial charge in [-0.3, -0.25) is 0 Å². The van der Waals surface area contributed by atoms with Gasteiger partial charge >= 0.3 is 5.97 Å². The number of nitrogen functional groups attached to an aromatic ring is 1. The Morgan fingerprint density at radius 2 is 1.52 bits per heavy atom. The Labute approximate surface area is 159 Å². The zero-order valence-electron chi connectivity index (χ0n) is 16.7. The lowest BCUT2D eigenvalue weighted by molar-refractivity contribution is 0.0697. The van der Waals surface area contributed by atoms with Crippen LogP contribution in [-0.4, -0.2) is 16.2 Å². The topological polar surface area (TPSA) is 108 Å². The van der Waals surface area contributed by atoms with E-state index in [1.807, 2.05) is 26.8 Å². The van der Waals surface area contributed by atoms with Gasteiger partial charge in [-0.2, -0.15) is 0 Å². The van der Waals surface area contributed by atoms with Crippen molar-refractivity contribution in [2.75, 3.05) is 5.73 Å². The summed E-state index contributed by atoms with van der Waals surface area (Å²) in [4.78, 5) is 11.1. The number of hydrogen-bond acceptors (Lipinski definition) is 5. The van der Waals surface area contributed by atoms with Crippen molar-refractivity contribution in [2.24, 2.45) is 10.2 Å². The minimum atomic E-state index is -1.07. The van der Waals surface area contributed by atoms with E-state index in [0.717, 1.165) is 11.1 Å². The number of phenolic OH excluding ortho intramolecular Hbond substituents is 1. The average molecular weight is 369 g/mol. The second-order valence-corrected chi connectivity index (χ2v) is 8.67. The van der Waals surface area contributed by atoms with E-state index in [4.69, 9.17) is 10.8 Å². The third-order valence-electron chi connectivity index (χ3n) is 4.31. The summed E-state index contributed by atoms with van der Waals surface area (Å²) >= 11 is 0. The molecule has 0 saturated carbocycles. The minimum absolute atomic E-state index is 0.0622. The highest BCUT2D eigenvalue weighted by atomic mass is 16.4. The second-order valence-electron chi connectivity index (χ2n) is 8.67.